The van der Waals surface area contributed by atoms with Crippen molar-refractivity contribution < 1.29 is 10.2 Å². The molecule has 1 aliphatic carbocycles. The summed E-state index contributed by atoms with van der Waals surface area (Å²) >= 11 is 0. The van der Waals surface area contributed by atoms with Crippen LogP contribution in [0.3, 0.4) is 0 Å². The van der Waals surface area contributed by atoms with Gasteiger partial charge in [0, 0.05) is 43.0 Å². The Balaban J connectivity index is 1.15. The van der Waals surface area contributed by atoms with Crippen LogP contribution in [0.25, 0.3) is 35.4 Å². The second kappa shape index (κ2) is 27.5. The van der Waals surface area contributed by atoms with Gasteiger partial charge in [0.2, 0.25) is 0 Å². The Morgan fingerprint density at radius 1 is 0.438 bits per heavy atom. The van der Waals surface area contributed by atoms with Crippen molar-refractivity contribution in [1.82, 2.24) is 0 Å². The third-order valence-corrected chi connectivity index (χ3v) is 15.0. The van der Waals surface area contributed by atoms with E-state index in [9.17, 15) is 10.2 Å². The van der Waals surface area contributed by atoms with Gasteiger partial charge in [-0.25, -0.2) is 0 Å². The van der Waals surface area contributed by atoms with Crippen LogP contribution in [0.4, 0.5) is 34.1 Å². The average Bonchev–Trinajstić information content (AvgIpc) is 3.69. The van der Waals surface area contributed by atoms with E-state index in [0.717, 1.165) is 71.2 Å². The van der Waals surface area contributed by atoms with Crippen LogP contribution < -0.4 is 9.80 Å². The highest BCUT2D eigenvalue weighted by atomic mass is 16.3. The first-order valence-corrected chi connectivity index (χ1v) is 27.4. The molecule has 0 saturated carbocycles. The first-order chi connectivity index (χ1) is 35.8. The standard InChI is InChI=1S/C65H80N6O2/c1-7-13-15-49(9-3)47-65(48-50(10-4)16-14-8-2)63-45-53(19-17-51-21-27-55(28-22-51)66-68-57-31-35-59(36-32-57)70(11-5)41-43-72)25-39-61(63)62-40-26-54(46-64(62)65)20-18-52-23-29-56(30-24-52)67-69-58-33-37-60(38-34-58)71(12-6)42-44-73/h17-40,45-46,49-50,72-73H,7-16,41-44,47-48H2,1-6H3/b19-17+,20-18+,68-66?,69-67?. The van der Waals surface area contributed by atoms with Crippen molar-refractivity contribution in [3.05, 3.63) is 167 Å². The Kier molecular flexibility index (Phi) is 20.5. The van der Waals surface area contributed by atoms with Gasteiger partial charge >= 0.3 is 0 Å². The maximum Gasteiger partial charge on any atom is 0.0858 e. The predicted octanol–water partition coefficient (Wildman–Crippen LogP) is 18.0. The number of nitrogens with zero attached hydrogens (tertiary/aromatic N) is 6. The molecule has 7 rings (SSSR count). The molecule has 0 amide bonds. The Labute approximate surface area is 437 Å². The van der Waals surface area contributed by atoms with E-state index in [4.69, 9.17) is 0 Å². The van der Waals surface area contributed by atoms with Crippen molar-refractivity contribution >= 4 is 58.4 Å². The first kappa shape index (κ1) is 54.3. The molecule has 0 aliphatic heterocycles. The number of rotatable bonds is 28. The Morgan fingerprint density at radius 2 is 0.767 bits per heavy atom. The van der Waals surface area contributed by atoms with Gasteiger partial charge in [-0.15, -0.1) is 0 Å². The van der Waals surface area contributed by atoms with Gasteiger partial charge in [-0.3, -0.25) is 0 Å². The van der Waals surface area contributed by atoms with Crippen molar-refractivity contribution in [2.24, 2.45) is 32.3 Å². The Hall–Kier alpha value is -6.48. The molecule has 1 aliphatic rings. The second-order valence-electron chi connectivity index (χ2n) is 19.8. The van der Waals surface area contributed by atoms with Crippen LogP contribution in [0.5, 0.6) is 0 Å². The number of azo groups is 2. The lowest BCUT2D eigenvalue weighted by Gasteiger charge is -2.39. The molecule has 73 heavy (non-hydrogen) atoms. The topological polar surface area (TPSA) is 96.4 Å². The minimum absolute atomic E-state index is 0.0925. The van der Waals surface area contributed by atoms with Crippen LogP contribution >= 0.6 is 0 Å². The molecule has 6 aromatic rings. The lowest BCUT2D eigenvalue weighted by molar-refractivity contribution is 0.266. The highest BCUT2D eigenvalue weighted by Gasteiger charge is 2.45. The fraction of sp³-hybridized carbons (Fsp3) is 0.385. The van der Waals surface area contributed by atoms with Gasteiger partial charge < -0.3 is 20.0 Å². The van der Waals surface area contributed by atoms with Gasteiger partial charge in [0.1, 0.15) is 0 Å². The molecular weight excluding hydrogens is 897 g/mol. The van der Waals surface area contributed by atoms with Gasteiger partial charge in [-0.2, -0.15) is 20.5 Å². The molecular formula is C65H80N6O2. The summed E-state index contributed by atoms with van der Waals surface area (Å²) in [4.78, 5) is 4.27. The molecule has 382 valence electrons. The summed E-state index contributed by atoms with van der Waals surface area (Å²) in [5.74, 6) is 1.27. The quantitative estimate of drug-likeness (QED) is 0.0378. The van der Waals surface area contributed by atoms with Crippen molar-refractivity contribution in [2.45, 2.75) is 111 Å². The molecule has 8 heteroatoms. The summed E-state index contributed by atoms with van der Waals surface area (Å²) in [6.07, 6.45) is 21.2. The highest BCUT2D eigenvalue weighted by molar-refractivity contribution is 5.85. The lowest BCUT2D eigenvalue weighted by Crippen LogP contribution is -2.31. The van der Waals surface area contributed by atoms with E-state index in [1.165, 1.54) is 84.7 Å². The Bertz CT molecular complexity index is 2550. The van der Waals surface area contributed by atoms with Crippen molar-refractivity contribution in [3.63, 3.8) is 0 Å². The van der Waals surface area contributed by atoms with Crippen LogP contribution in [-0.4, -0.2) is 49.6 Å². The number of hydrogen-bond acceptors (Lipinski definition) is 8. The molecule has 0 radical (unpaired) electrons. The predicted molar refractivity (Wildman–Crippen MR) is 310 cm³/mol. The minimum Gasteiger partial charge on any atom is -0.395 e. The molecule has 0 saturated heterocycles. The maximum atomic E-state index is 9.41. The normalized spacial score (nSPS) is 15.2. The second-order valence-corrected chi connectivity index (χ2v) is 19.8. The van der Waals surface area contributed by atoms with E-state index in [1.807, 2.05) is 72.8 Å². The van der Waals surface area contributed by atoms with E-state index in [2.05, 4.69) is 157 Å². The molecule has 0 bridgehead atoms. The summed E-state index contributed by atoms with van der Waals surface area (Å²) < 4.78 is 0. The van der Waals surface area contributed by atoms with E-state index < -0.39 is 0 Å². The zero-order chi connectivity index (χ0) is 51.4. The molecule has 0 spiro atoms. The van der Waals surface area contributed by atoms with Crippen LogP contribution in [-0.2, 0) is 5.41 Å². The zero-order valence-corrected chi connectivity index (χ0v) is 44.6. The van der Waals surface area contributed by atoms with Gasteiger partial charge in [0.05, 0.1) is 36.0 Å². The number of anilines is 2. The number of unbranched alkanes of at least 4 members (excludes halogenated alkanes) is 2. The van der Waals surface area contributed by atoms with Crippen LogP contribution in [0.1, 0.15) is 139 Å². The average molecular weight is 977 g/mol. The minimum atomic E-state index is -0.0925. The first-order valence-electron chi connectivity index (χ1n) is 27.4. The summed E-state index contributed by atoms with van der Waals surface area (Å²) in [7, 11) is 0. The maximum absolute atomic E-state index is 9.41. The van der Waals surface area contributed by atoms with Gasteiger partial charge in [0.25, 0.3) is 0 Å². The highest BCUT2D eigenvalue weighted by Crippen LogP contribution is 2.57. The van der Waals surface area contributed by atoms with E-state index >= 15 is 0 Å². The smallest absolute Gasteiger partial charge is 0.0858 e. The van der Waals surface area contributed by atoms with Crippen molar-refractivity contribution in [3.8, 4) is 11.1 Å². The van der Waals surface area contributed by atoms with Gasteiger partial charge in [-0.05, 0) is 156 Å². The van der Waals surface area contributed by atoms with Crippen LogP contribution in [0.15, 0.2) is 154 Å². The SMILES string of the molecule is CCCCC(CC)CC1(CC(CC)CCCC)c2cc(/C=C/c3ccc(N=Nc4ccc(N(CC)CCO)cc4)cc3)ccc2-c2ccc(/C=C/c3ccc(N=Nc4ccc(N(CC)CCO)cc4)cc3)cc21. The molecule has 0 aromatic heterocycles. The number of hydrogen-bond donors (Lipinski definition) is 2. The van der Waals surface area contributed by atoms with Gasteiger partial charge in [0.15, 0.2) is 0 Å². The molecule has 2 N–H and O–H groups in total. The van der Waals surface area contributed by atoms with Crippen molar-refractivity contribution in [2.75, 3.05) is 49.2 Å². The third-order valence-electron chi connectivity index (χ3n) is 15.0. The molecule has 0 fully saturated rings. The monoisotopic (exact) mass is 977 g/mol. The molecule has 2 unspecified atom stereocenters. The fourth-order valence-corrected chi connectivity index (χ4v) is 10.7. The molecule has 0 heterocycles. The molecule has 8 nitrogen and oxygen atoms in total. The third kappa shape index (κ3) is 14.4. The number of aliphatic hydroxyl groups is 2. The molecule has 6 aromatic carbocycles. The lowest BCUT2D eigenvalue weighted by atomic mass is 9.65. The Morgan fingerprint density at radius 3 is 1.08 bits per heavy atom. The van der Waals surface area contributed by atoms with E-state index in [0.29, 0.717) is 24.9 Å². The van der Waals surface area contributed by atoms with E-state index in [-0.39, 0.29) is 18.6 Å². The van der Waals surface area contributed by atoms with E-state index in [1.54, 1.807) is 0 Å². The summed E-state index contributed by atoms with van der Waals surface area (Å²) in [6, 6.07) is 47.1. The summed E-state index contributed by atoms with van der Waals surface area (Å²) in [5.41, 5.74) is 15.7. The zero-order valence-electron chi connectivity index (χ0n) is 44.6. The fourth-order valence-electron chi connectivity index (χ4n) is 10.7. The molecule has 2 atom stereocenters. The number of aliphatic hydroxyl groups excluding tert-OH is 2. The van der Waals surface area contributed by atoms with Crippen LogP contribution in [0.2, 0.25) is 0 Å². The largest absolute Gasteiger partial charge is 0.395 e. The van der Waals surface area contributed by atoms with Crippen molar-refractivity contribution in [1.29, 1.82) is 0 Å². The van der Waals surface area contributed by atoms with Gasteiger partial charge in [-0.1, -0.05) is 164 Å². The summed E-state index contributed by atoms with van der Waals surface area (Å²) in [5, 5.41) is 36.9. The number of fused-ring (bicyclic) bond motifs is 3. The number of likely N-dealkylation sites (N-methyl/N-ethyl adjacent to an activating group) is 2. The summed E-state index contributed by atoms with van der Waals surface area (Å²) in [6.45, 7) is 16.8. The number of benzene rings is 6. The van der Waals surface area contributed by atoms with Crippen LogP contribution in [0, 0.1) is 11.8 Å².